The van der Waals surface area contributed by atoms with E-state index in [0.717, 1.165) is 75.7 Å². The molecule has 3 heterocycles. The van der Waals surface area contributed by atoms with E-state index in [-0.39, 0.29) is 28.7 Å². The lowest BCUT2D eigenvalue weighted by atomic mass is 9.76. The van der Waals surface area contributed by atoms with E-state index in [4.69, 9.17) is 9.97 Å². The fraction of sp³-hybridized carbons (Fsp3) is 0.533. The van der Waals surface area contributed by atoms with E-state index in [2.05, 4.69) is 48.1 Å². The minimum atomic E-state index is -0.0887. The van der Waals surface area contributed by atoms with Crippen LogP contribution in [0.4, 0.5) is 11.8 Å². The Morgan fingerprint density at radius 2 is 1.89 bits per heavy atom. The van der Waals surface area contributed by atoms with Crippen LogP contribution in [-0.2, 0) is 28.9 Å². The van der Waals surface area contributed by atoms with Gasteiger partial charge in [0.1, 0.15) is 5.82 Å². The number of anilines is 2. The van der Waals surface area contributed by atoms with Gasteiger partial charge in [0.15, 0.2) is 0 Å². The normalized spacial score (nSPS) is 19.9. The molecular formula is C30H40N6O2. The summed E-state index contributed by atoms with van der Waals surface area (Å²) >= 11 is 0. The van der Waals surface area contributed by atoms with E-state index < -0.39 is 0 Å². The number of aromatic nitrogens is 2. The number of hydrogen-bond acceptors (Lipinski definition) is 6. The Morgan fingerprint density at radius 1 is 1.13 bits per heavy atom. The molecule has 8 heteroatoms. The molecule has 1 aromatic heterocycles. The summed E-state index contributed by atoms with van der Waals surface area (Å²) in [6, 6.07) is 10.2. The van der Waals surface area contributed by atoms with Crippen molar-refractivity contribution in [2.75, 3.05) is 43.4 Å². The molecule has 1 aliphatic carbocycles. The van der Waals surface area contributed by atoms with E-state index >= 15 is 0 Å². The van der Waals surface area contributed by atoms with Crippen molar-refractivity contribution in [3.63, 3.8) is 0 Å². The molecule has 1 atom stereocenters. The summed E-state index contributed by atoms with van der Waals surface area (Å²) < 4.78 is 0. The molecule has 0 saturated carbocycles. The van der Waals surface area contributed by atoms with Crippen LogP contribution in [0.5, 0.6) is 0 Å². The third-order valence-corrected chi connectivity index (χ3v) is 8.42. The Bertz CT molecular complexity index is 1200. The Morgan fingerprint density at radius 3 is 2.61 bits per heavy atom. The number of nitrogens with zero attached hydrogens (tertiary/aromatic N) is 4. The molecule has 2 aliphatic heterocycles. The van der Waals surface area contributed by atoms with E-state index in [1.54, 1.807) is 7.05 Å². The monoisotopic (exact) mass is 516 g/mol. The molecule has 1 aromatic carbocycles. The SMILES string of the molecule is C=CC(=O)N1CC2(CCN(c3nc4c(c(N[C@H](CC(=O)NC)Cc5ccccc5)n3)CCC(C)(C)C4)C2)C1. The average Bonchev–Trinajstić information content (AvgIpc) is 3.33. The molecule has 0 unspecified atom stereocenters. The van der Waals surface area contributed by atoms with Crippen LogP contribution in [0.15, 0.2) is 43.0 Å². The third-order valence-electron chi connectivity index (χ3n) is 8.42. The number of carbonyl (C=O) groups excluding carboxylic acids is 2. The molecule has 202 valence electrons. The summed E-state index contributed by atoms with van der Waals surface area (Å²) in [5.74, 6) is 1.64. The summed E-state index contributed by atoms with van der Waals surface area (Å²) in [7, 11) is 1.68. The Balaban J connectivity index is 1.42. The fourth-order valence-corrected chi connectivity index (χ4v) is 6.20. The lowest BCUT2D eigenvalue weighted by Crippen LogP contribution is -2.59. The molecule has 8 nitrogen and oxygen atoms in total. The molecule has 2 N–H and O–H groups in total. The van der Waals surface area contributed by atoms with Crippen molar-refractivity contribution in [2.45, 2.75) is 58.4 Å². The van der Waals surface area contributed by atoms with Crippen LogP contribution < -0.4 is 15.5 Å². The van der Waals surface area contributed by atoms with Gasteiger partial charge in [0, 0.05) is 56.7 Å². The van der Waals surface area contributed by atoms with Gasteiger partial charge in [-0.15, -0.1) is 0 Å². The molecule has 0 bridgehead atoms. The van der Waals surface area contributed by atoms with Crippen LogP contribution in [0.1, 0.15) is 49.9 Å². The van der Waals surface area contributed by atoms with Crippen molar-refractivity contribution in [3.05, 3.63) is 59.8 Å². The molecule has 1 spiro atoms. The standard InChI is InChI=1S/C30H40N6O2/c1-5-26(38)36-19-30(20-36)13-14-35(18-30)28-33-24-17-29(2,3)12-11-23(24)27(34-28)32-22(16-25(37)31-4)15-21-9-7-6-8-10-21/h5-10,22H,1,11-20H2,2-4H3,(H,31,37)(H,32,33,34)/t22-/m0/s1. The van der Waals surface area contributed by atoms with Crippen molar-refractivity contribution in [1.82, 2.24) is 20.2 Å². The van der Waals surface area contributed by atoms with Crippen molar-refractivity contribution in [1.29, 1.82) is 0 Å². The van der Waals surface area contributed by atoms with Gasteiger partial charge < -0.3 is 20.4 Å². The summed E-state index contributed by atoms with van der Waals surface area (Å²) in [6.07, 6.45) is 6.43. The van der Waals surface area contributed by atoms with Crippen LogP contribution in [-0.4, -0.2) is 66.0 Å². The van der Waals surface area contributed by atoms with Gasteiger partial charge in [-0.25, -0.2) is 4.98 Å². The molecule has 0 radical (unpaired) electrons. The second-order valence-corrected chi connectivity index (χ2v) is 12.1. The van der Waals surface area contributed by atoms with Crippen LogP contribution in [0.3, 0.4) is 0 Å². The number of hydrogen-bond donors (Lipinski definition) is 2. The molecule has 2 amide bonds. The lowest BCUT2D eigenvalue weighted by molar-refractivity contribution is -0.136. The van der Waals surface area contributed by atoms with Gasteiger partial charge in [-0.05, 0) is 49.2 Å². The van der Waals surface area contributed by atoms with E-state index in [9.17, 15) is 9.59 Å². The van der Waals surface area contributed by atoms with E-state index in [1.165, 1.54) is 17.2 Å². The molecule has 5 rings (SSSR count). The second kappa shape index (κ2) is 10.4. The fourth-order valence-electron chi connectivity index (χ4n) is 6.20. The van der Waals surface area contributed by atoms with Gasteiger partial charge in [-0.3, -0.25) is 9.59 Å². The van der Waals surface area contributed by atoms with Crippen molar-refractivity contribution >= 4 is 23.6 Å². The molecule has 38 heavy (non-hydrogen) atoms. The van der Waals surface area contributed by atoms with E-state index in [1.807, 2.05) is 23.1 Å². The maximum atomic E-state index is 12.4. The first-order valence-electron chi connectivity index (χ1n) is 13.8. The van der Waals surface area contributed by atoms with Crippen LogP contribution in [0.25, 0.3) is 0 Å². The highest BCUT2D eigenvalue weighted by atomic mass is 16.2. The maximum absolute atomic E-state index is 12.4. The first kappa shape index (κ1) is 26.2. The first-order chi connectivity index (χ1) is 18.2. The van der Waals surface area contributed by atoms with Crippen molar-refractivity contribution < 1.29 is 9.59 Å². The summed E-state index contributed by atoms with van der Waals surface area (Å²) in [5, 5.41) is 6.47. The highest BCUT2D eigenvalue weighted by Crippen LogP contribution is 2.42. The number of fused-ring (bicyclic) bond motifs is 1. The van der Waals surface area contributed by atoms with Crippen LogP contribution in [0.2, 0.25) is 0 Å². The lowest BCUT2D eigenvalue weighted by Gasteiger charge is -2.47. The zero-order valence-electron chi connectivity index (χ0n) is 22.9. The maximum Gasteiger partial charge on any atom is 0.245 e. The number of nitrogens with one attached hydrogen (secondary N) is 2. The zero-order valence-corrected chi connectivity index (χ0v) is 22.9. The van der Waals surface area contributed by atoms with Gasteiger partial charge in [0.05, 0.1) is 5.69 Å². The third kappa shape index (κ3) is 5.54. The molecule has 2 fully saturated rings. The first-order valence-corrected chi connectivity index (χ1v) is 13.8. The highest BCUT2D eigenvalue weighted by molar-refractivity contribution is 5.87. The summed E-state index contributed by atoms with van der Waals surface area (Å²) in [6.45, 7) is 11.5. The number of amides is 2. The number of rotatable bonds is 8. The predicted octanol–water partition coefficient (Wildman–Crippen LogP) is 3.38. The molecule has 2 aromatic rings. The number of benzene rings is 1. The van der Waals surface area contributed by atoms with Gasteiger partial charge in [-0.2, -0.15) is 4.98 Å². The summed E-state index contributed by atoms with van der Waals surface area (Å²) in [5.41, 5.74) is 3.78. The van der Waals surface area contributed by atoms with Gasteiger partial charge in [0.2, 0.25) is 17.8 Å². The Labute approximate surface area is 225 Å². The minimum absolute atomic E-state index is 0.00723. The second-order valence-electron chi connectivity index (χ2n) is 12.1. The topological polar surface area (TPSA) is 90.5 Å². The predicted molar refractivity (Wildman–Crippen MR) is 150 cm³/mol. The number of likely N-dealkylation sites (tertiary alicyclic amines) is 1. The molecule has 2 saturated heterocycles. The van der Waals surface area contributed by atoms with Crippen LogP contribution >= 0.6 is 0 Å². The summed E-state index contributed by atoms with van der Waals surface area (Å²) in [4.78, 5) is 38.8. The van der Waals surface area contributed by atoms with E-state index in [0.29, 0.717) is 6.42 Å². The Kier molecular flexibility index (Phi) is 7.16. The molecule has 3 aliphatic rings. The largest absolute Gasteiger partial charge is 0.366 e. The number of carbonyl (C=O) groups is 2. The zero-order chi connectivity index (χ0) is 26.9. The van der Waals surface area contributed by atoms with Gasteiger partial charge >= 0.3 is 0 Å². The van der Waals surface area contributed by atoms with Gasteiger partial charge in [0.25, 0.3) is 0 Å². The van der Waals surface area contributed by atoms with Crippen molar-refractivity contribution in [3.8, 4) is 0 Å². The minimum Gasteiger partial charge on any atom is -0.366 e. The quantitative estimate of drug-likeness (QED) is 0.523. The smallest absolute Gasteiger partial charge is 0.245 e. The van der Waals surface area contributed by atoms with Gasteiger partial charge in [-0.1, -0.05) is 50.8 Å². The van der Waals surface area contributed by atoms with Crippen LogP contribution in [0, 0.1) is 10.8 Å². The highest BCUT2D eigenvalue weighted by Gasteiger charge is 2.49. The average molecular weight is 517 g/mol. The van der Waals surface area contributed by atoms with Crippen molar-refractivity contribution in [2.24, 2.45) is 10.8 Å². The molecular weight excluding hydrogens is 476 g/mol. The Hall–Kier alpha value is -3.42.